The van der Waals surface area contributed by atoms with Crippen molar-refractivity contribution < 1.29 is 19.1 Å². The van der Waals surface area contributed by atoms with Gasteiger partial charge in [-0.05, 0) is 45.0 Å². The molecule has 2 N–H and O–H groups in total. The maximum atomic E-state index is 13.2. The van der Waals surface area contributed by atoms with Crippen molar-refractivity contribution in [1.29, 1.82) is 0 Å². The highest BCUT2D eigenvalue weighted by Gasteiger charge is 2.29. The Balaban J connectivity index is 1.46. The Hall–Kier alpha value is -3.75. The number of nitrogen functional groups attached to an aromatic ring is 1. The van der Waals surface area contributed by atoms with Crippen LogP contribution >= 0.6 is 0 Å². The van der Waals surface area contributed by atoms with E-state index in [1.54, 1.807) is 21.9 Å². The minimum absolute atomic E-state index is 0.0693. The molecule has 1 aliphatic heterocycles. The van der Waals surface area contributed by atoms with E-state index < -0.39 is 5.60 Å². The molecule has 2 aromatic heterocycles. The molecule has 4 rings (SSSR count). The number of benzene rings is 1. The van der Waals surface area contributed by atoms with Gasteiger partial charge in [-0.25, -0.2) is 9.78 Å². The smallest absolute Gasteiger partial charge is 0.410 e. The van der Waals surface area contributed by atoms with E-state index >= 15 is 0 Å². The average molecular weight is 452 g/mol. The van der Waals surface area contributed by atoms with Gasteiger partial charge in [-0.1, -0.05) is 0 Å². The maximum absolute atomic E-state index is 13.2. The zero-order chi connectivity index (χ0) is 23.8. The Morgan fingerprint density at radius 2 is 1.70 bits per heavy atom. The number of carbonyl (C=O) groups is 2. The van der Waals surface area contributed by atoms with Gasteiger partial charge in [0.2, 0.25) is 5.88 Å². The van der Waals surface area contributed by atoms with Crippen LogP contribution in [0.1, 0.15) is 31.3 Å². The van der Waals surface area contributed by atoms with E-state index in [-0.39, 0.29) is 12.0 Å². The molecule has 33 heavy (non-hydrogen) atoms. The molecule has 1 fully saturated rings. The van der Waals surface area contributed by atoms with Gasteiger partial charge in [0.1, 0.15) is 17.0 Å². The SMILES string of the molecule is Cn1c(C(=O)N2CCN(C(=O)OC(C)(C)C)CC2)cc2ccc(Oc3ccc(N)cn3)cc21. The van der Waals surface area contributed by atoms with Crippen molar-refractivity contribution in [2.75, 3.05) is 31.9 Å². The molecular weight excluding hydrogens is 422 g/mol. The summed E-state index contributed by atoms with van der Waals surface area (Å²) >= 11 is 0. The summed E-state index contributed by atoms with van der Waals surface area (Å²) in [7, 11) is 1.86. The fourth-order valence-corrected chi connectivity index (χ4v) is 3.73. The number of anilines is 1. The lowest BCUT2D eigenvalue weighted by atomic mass is 10.2. The molecule has 2 amide bonds. The molecule has 9 nitrogen and oxygen atoms in total. The number of hydrogen-bond donors (Lipinski definition) is 1. The Kier molecular flexibility index (Phi) is 5.88. The standard InChI is InChI=1S/C24H29N5O4/c1-24(2,3)33-23(31)29-11-9-28(10-12-29)22(30)20-13-16-5-7-18(14-19(16)27(20)4)32-21-8-6-17(25)15-26-21/h5-8,13-15H,9-12,25H2,1-4H3. The predicted octanol–water partition coefficient (Wildman–Crippen LogP) is 3.64. The van der Waals surface area contributed by atoms with Crippen LogP contribution in [-0.2, 0) is 11.8 Å². The van der Waals surface area contributed by atoms with E-state index in [0.717, 1.165) is 10.9 Å². The summed E-state index contributed by atoms with van der Waals surface area (Å²) in [5.74, 6) is 0.989. The van der Waals surface area contributed by atoms with Crippen molar-refractivity contribution in [2.45, 2.75) is 26.4 Å². The molecular formula is C24H29N5O4. The molecule has 0 atom stereocenters. The number of rotatable bonds is 3. The topological polar surface area (TPSA) is 103 Å². The number of piperazine rings is 1. The van der Waals surface area contributed by atoms with Crippen LogP contribution < -0.4 is 10.5 Å². The summed E-state index contributed by atoms with van der Waals surface area (Å²) in [6.45, 7) is 7.32. The third-order valence-electron chi connectivity index (χ3n) is 5.44. The van der Waals surface area contributed by atoms with Gasteiger partial charge in [0, 0.05) is 50.7 Å². The highest BCUT2D eigenvalue weighted by molar-refractivity contribution is 5.99. The number of nitrogens with zero attached hydrogens (tertiary/aromatic N) is 4. The molecule has 0 spiro atoms. The fraction of sp³-hybridized carbons (Fsp3) is 0.375. The van der Waals surface area contributed by atoms with Gasteiger partial charge in [-0.15, -0.1) is 0 Å². The molecule has 0 saturated carbocycles. The van der Waals surface area contributed by atoms with Crippen LogP contribution in [0.3, 0.4) is 0 Å². The molecule has 0 radical (unpaired) electrons. The highest BCUT2D eigenvalue weighted by atomic mass is 16.6. The molecule has 0 aliphatic carbocycles. The van der Waals surface area contributed by atoms with Crippen LogP contribution in [-0.4, -0.2) is 63.1 Å². The minimum Gasteiger partial charge on any atom is -0.444 e. The molecule has 3 aromatic rings. The molecule has 1 aliphatic rings. The fourth-order valence-electron chi connectivity index (χ4n) is 3.73. The highest BCUT2D eigenvalue weighted by Crippen LogP contribution is 2.27. The number of ether oxygens (including phenoxy) is 2. The van der Waals surface area contributed by atoms with Crippen LogP contribution in [0, 0.1) is 0 Å². The quantitative estimate of drug-likeness (QED) is 0.652. The number of fused-ring (bicyclic) bond motifs is 1. The Morgan fingerprint density at radius 1 is 1.00 bits per heavy atom. The summed E-state index contributed by atoms with van der Waals surface area (Å²) in [6, 6.07) is 10.9. The summed E-state index contributed by atoms with van der Waals surface area (Å²) in [6.07, 6.45) is 1.19. The van der Waals surface area contributed by atoms with Gasteiger partial charge in [-0.3, -0.25) is 4.79 Å². The first-order valence-electron chi connectivity index (χ1n) is 10.9. The molecule has 0 bridgehead atoms. The van der Waals surface area contributed by atoms with Gasteiger partial charge >= 0.3 is 6.09 Å². The van der Waals surface area contributed by atoms with Crippen LogP contribution in [0.15, 0.2) is 42.6 Å². The van der Waals surface area contributed by atoms with Crippen molar-refractivity contribution in [3.63, 3.8) is 0 Å². The summed E-state index contributed by atoms with van der Waals surface area (Å²) < 4.78 is 13.1. The first kappa shape index (κ1) is 22.4. The predicted molar refractivity (Wildman–Crippen MR) is 125 cm³/mol. The third kappa shape index (κ3) is 5.02. The van der Waals surface area contributed by atoms with E-state index in [9.17, 15) is 9.59 Å². The van der Waals surface area contributed by atoms with Crippen molar-refractivity contribution in [2.24, 2.45) is 7.05 Å². The maximum Gasteiger partial charge on any atom is 0.410 e. The summed E-state index contributed by atoms with van der Waals surface area (Å²) in [5, 5.41) is 0.936. The normalized spacial score (nSPS) is 14.4. The Morgan fingerprint density at radius 3 is 2.33 bits per heavy atom. The molecule has 3 heterocycles. The lowest BCUT2D eigenvalue weighted by Gasteiger charge is -2.35. The van der Waals surface area contributed by atoms with Gasteiger partial charge < -0.3 is 29.6 Å². The number of hydrogen-bond acceptors (Lipinski definition) is 6. The zero-order valence-corrected chi connectivity index (χ0v) is 19.4. The average Bonchev–Trinajstić information content (AvgIpc) is 3.10. The number of aryl methyl sites for hydroxylation is 1. The Bertz CT molecular complexity index is 1170. The van der Waals surface area contributed by atoms with Crippen molar-refractivity contribution in [3.05, 3.63) is 48.3 Å². The van der Waals surface area contributed by atoms with E-state index in [1.165, 1.54) is 6.20 Å². The van der Waals surface area contributed by atoms with Crippen LogP contribution in [0.4, 0.5) is 10.5 Å². The molecule has 1 aromatic carbocycles. The first-order valence-corrected chi connectivity index (χ1v) is 10.9. The van der Waals surface area contributed by atoms with Gasteiger partial charge in [0.15, 0.2) is 0 Å². The zero-order valence-electron chi connectivity index (χ0n) is 19.4. The van der Waals surface area contributed by atoms with Crippen molar-refractivity contribution in [1.82, 2.24) is 19.4 Å². The van der Waals surface area contributed by atoms with Crippen molar-refractivity contribution >= 4 is 28.6 Å². The van der Waals surface area contributed by atoms with Gasteiger partial charge in [-0.2, -0.15) is 0 Å². The van der Waals surface area contributed by atoms with Crippen LogP contribution in [0.5, 0.6) is 11.6 Å². The monoisotopic (exact) mass is 451 g/mol. The second-order valence-electron chi connectivity index (χ2n) is 9.10. The summed E-state index contributed by atoms with van der Waals surface area (Å²) in [4.78, 5) is 33.1. The second-order valence-corrected chi connectivity index (χ2v) is 9.10. The van der Waals surface area contributed by atoms with Crippen molar-refractivity contribution in [3.8, 4) is 11.6 Å². The number of pyridine rings is 1. The lowest BCUT2D eigenvalue weighted by Crippen LogP contribution is -2.51. The molecule has 1 saturated heterocycles. The number of nitrogens with two attached hydrogens (primary N) is 1. The van der Waals surface area contributed by atoms with E-state index in [1.807, 2.05) is 56.7 Å². The third-order valence-corrected chi connectivity index (χ3v) is 5.44. The Labute approximate surface area is 192 Å². The number of carbonyl (C=O) groups excluding carboxylic acids is 2. The van der Waals surface area contributed by atoms with Crippen LogP contribution in [0.2, 0.25) is 0 Å². The second kappa shape index (κ2) is 8.65. The first-order chi connectivity index (χ1) is 15.6. The lowest BCUT2D eigenvalue weighted by molar-refractivity contribution is 0.0139. The molecule has 0 unspecified atom stereocenters. The molecule has 9 heteroatoms. The molecule has 174 valence electrons. The van der Waals surface area contributed by atoms with E-state index in [0.29, 0.717) is 49.2 Å². The number of aromatic nitrogens is 2. The van der Waals surface area contributed by atoms with Gasteiger partial charge in [0.25, 0.3) is 5.91 Å². The van der Waals surface area contributed by atoms with Crippen LogP contribution in [0.25, 0.3) is 10.9 Å². The van der Waals surface area contributed by atoms with Gasteiger partial charge in [0.05, 0.1) is 17.4 Å². The largest absolute Gasteiger partial charge is 0.444 e. The van der Waals surface area contributed by atoms with E-state index in [4.69, 9.17) is 15.2 Å². The van der Waals surface area contributed by atoms with E-state index in [2.05, 4.69) is 4.98 Å². The number of amides is 2. The summed E-state index contributed by atoms with van der Waals surface area (Å²) in [5.41, 5.74) is 7.15. The minimum atomic E-state index is -0.542.